The molecule has 3 nitrogen and oxygen atoms in total. The van der Waals surface area contributed by atoms with Gasteiger partial charge in [0.05, 0.1) is 15.6 Å². The number of aryl methyl sites for hydroxylation is 2. The number of halogens is 1. The highest BCUT2D eigenvalue weighted by Crippen LogP contribution is 2.26. The molecule has 0 saturated heterocycles. The molecule has 0 aliphatic heterocycles. The second-order valence-electron chi connectivity index (χ2n) is 4.04. The number of hydrogen-bond acceptors (Lipinski definition) is 3. The molecular formula is C13H13ClN2OS. The van der Waals surface area contributed by atoms with Crippen LogP contribution in [-0.2, 0) is 0 Å². The molecule has 94 valence electrons. The average molecular weight is 281 g/mol. The van der Waals surface area contributed by atoms with Crippen molar-refractivity contribution in [2.75, 3.05) is 11.1 Å². The van der Waals surface area contributed by atoms with Crippen molar-refractivity contribution in [3.8, 4) is 0 Å². The van der Waals surface area contributed by atoms with Gasteiger partial charge in [0, 0.05) is 10.6 Å². The Kier molecular flexibility index (Phi) is 3.59. The van der Waals surface area contributed by atoms with E-state index in [4.69, 9.17) is 17.3 Å². The van der Waals surface area contributed by atoms with E-state index in [-0.39, 0.29) is 5.91 Å². The minimum atomic E-state index is -0.163. The molecule has 0 aliphatic carbocycles. The zero-order valence-electron chi connectivity index (χ0n) is 10.1. The maximum Gasteiger partial charge on any atom is 0.265 e. The van der Waals surface area contributed by atoms with Gasteiger partial charge in [-0.05, 0) is 43.7 Å². The summed E-state index contributed by atoms with van der Waals surface area (Å²) in [6.07, 6.45) is 0. The van der Waals surface area contributed by atoms with Gasteiger partial charge in [0.1, 0.15) is 0 Å². The van der Waals surface area contributed by atoms with Crippen LogP contribution in [0.4, 0.5) is 11.4 Å². The molecule has 0 radical (unpaired) electrons. The van der Waals surface area contributed by atoms with Crippen molar-refractivity contribution < 1.29 is 4.79 Å². The number of thiophene rings is 1. The Hall–Kier alpha value is -1.52. The second-order valence-corrected chi connectivity index (χ2v) is 5.71. The first-order valence-electron chi connectivity index (χ1n) is 5.41. The quantitative estimate of drug-likeness (QED) is 0.821. The summed E-state index contributed by atoms with van der Waals surface area (Å²) in [5.74, 6) is -0.163. The van der Waals surface area contributed by atoms with Crippen LogP contribution >= 0.6 is 22.9 Å². The first-order valence-corrected chi connectivity index (χ1v) is 6.60. The minimum Gasteiger partial charge on any atom is -0.399 e. The number of rotatable bonds is 2. The molecule has 0 aliphatic rings. The third-order valence-corrected chi connectivity index (χ3v) is 4.11. The molecule has 0 bridgehead atoms. The summed E-state index contributed by atoms with van der Waals surface area (Å²) in [5.41, 5.74) is 7.87. The fraction of sp³-hybridized carbons (Fsp3) is 0.154. The summed E-state index contributed by atoms with van der Waals surface area (Å²) in [4.78, 5) is 13.9. The van der Waals surface area contributed by atoms with Crippen molar-refractivity contribution in [1.29, 1.82) is 0 Å². The number of hydrogen-bond donors (Lipinski definition) is 2. The number of nitrogen functional groups attached to an aromatic ring is 1. The van der Waals surface area contributed by atoms with Gasteiger partial charge in [-0.25, -0.2) is 0 Å². The predicted octanol–water partition coefficient (Wildman–Crippen LogP) is 3.85. The number of carbonyl (C=O) groups is 1. The van der Waals surface area contributed by atoms with Gasteiger partial charge < -0.3 is 11.1 Å². The highest BCUT2D eigenvalue weighted by molar-refractivity contribution is 7.14. The standard InChI is InChI=1S/C13H13ClN2OS/c1-7-5-12(18-8(7)2)13(17)16-11-6-9(15)3-4-10(11)14/h3-6H,15H2,1-2H3,(H,16,17). The van der Waals surface area contributed by atoms with Crippen LogP contribution in [0.25, 0.3) is 0 Å². The van der Waals surface area contributed by atoms with E-state index in [1.54, 1.807) is 18.2 Å². The van der Waals surface area contributed by atoms with Crippen molar-refractivity contribution in [3.63, 3.8) is 0 Å². The van der Waals surface area contributed by atoms with Gasteiger partial charge in [0.25, 0.3) is 5.91 Å². The zero-order chi connectivity index (χ0) is 13.3. The highest BCUT2D eigenvalue weighted by Gasteiger charge is 2.12. The van der Waals surface area contributed by atoms with Crippen LogP contribution < -0.4 is 11.1 Å². The predicted molar refractivity (Wildman–Crippen MR) is 77.6 cm³/mol. The van der Waals surface area contributed by atoms with Crippen LogP contribution in [0, 0.1) is 13.8 Å². The maximum absolute atomic E-state index is 12.0. The molecule has 0 spiro atoms. The number of amides is 1. The van der Waals surface area contributed by atoms with Gasteiger partial charge in [0.15, 0.2) is 0 Å². The van der Waals surface area contributed by atoms with Crippen LogP contribution in [0.1, 0.15) is 20.1 Å². The summed E-state index contributed by atoms with van der Waals surface area (Å²) in [6.45, 7) is 3.97. The topological polar surface area (TPSA) is 55.1 Å². The molecule has 0 unspecified atom stereocenters. The summed E-state index contributed by atoms with van der Waals surface area (Å²) >= 11 is 7.46. The lowest BCUT2D eigenvalue weighted by Crippen LogP contribution is -2.10. The van der Waals surface area contributed by atoms with Crippen molar-refractivity contribution in [2.45, 2.75) is 13.8 Å². The molecule has 1 aromatic carbocycles. The van der Waals surface area contributed by atoms with E-state index in [9.17, 15) is 4.79 Å². The summed E-state index contributed by atoms with van der Waals surface area (Å²) in [6, 6.07) is 6.87. The Morgan fingerprint density at radius 2 is 2.06 bits per heavy atom. The fourth-order valence-electron chi connectivity index (χ4n) is 1.51. The third-order valence-electron chi connectivity index (χ3n) is 2.63. The lowest BCUT2D eigenvalue weighted by atomic mass is 10.2. The Morgan fingerprint density at radius 1 is 1.33 bits per heavy atom. The fourth-order valence-corrected chi connectivity index (χ4v) is 2.60. The Morgan fingerprint density at radius 3 is 2.67 bits per heavy atom. The van der Waals surface area contributed by atoms with Gasteiger partial charge in [0.2, 0.25) is 0 Å². The van der Waals surface area contributed by atoms with E-state index in [1.807, 2.05) is 19.9 Å². The number of carbonyl (C=O) groups excluding carboxylic acids is 1. The van der Waals surface area contributed by atoms with Gasteiger partial charge in [-0.3, -0.25) is 4.79 Å². The van der Waals surface area contributed by atoms with E-state index in [1.165, 1.54) is 11.3 Å². The molecule has 5 heteroatoms. The largest absolute Gasteiger partial charge is 0.399 e. The van der Waals surface area contributed by atoms with Gasteiger partial charge in [-0.2, -0.15) is 0 Å². The second kappa shape index (κ2) is 5.00. The first kappa shape index (κ1) is 12.9. The lowest BCUT2D eigenvalue weighted by Gasteiger charge is -2.06. The number of nitrogens with one attached hydrogen (secondary N) is 1. The van der Waals surface area contributed by atoms with Crippen LogP contribution in [0.15, 0.2) is 24.3 Å². The zero-order valence-corrected chi connectivity index (χ0v) is 11.7. The number of benzene rings is 1. The minimum absolute atomic E-state index is 0.163. The maximum atomic E-state index is 12.0. The molecule has 1 aromatic heterocycles. The molecule has 1 heterocycles. The van der Waals surface area contributed by atoms with E-state index >= 15 is 0 Å². The number of anilines is 2. The molecule has 0 atom stereocenters. The van der Waals surface area contributed by atoms with E-state index in [2.05, 4.69) is 5.32 Å². The van der Waals surface area contributed by atoms with Crippen LogP contribution in [0.3, 0.4) is 0 Å². The summed E-state index contributed by atoms with van der Waals surface area (Å²) in [7, 11) is 0. The molecule has 0 saturated carbocycles. The first-order chi connectivity index (χ1) is 8.47. The monoisotopic (exact) mass is 280 g/mol. The SMILES string of the molecule is Cc1cc(C(=O)Nc2cc(N)ccc2Cl)sc1C. The van der Waals surface area contributed by atoms with Crippen molar-refractivity contribution in [1.82, 2.24) is 0 Å². The molecule has 3 N–H and O–H groups in total. The molecule has 0 fully saturated rings. The molecular weight excluding hydrogens is 268 g/mol. The van der Waals surface area contributed by atoms with E-state index < -0.39 is 0 Å². The highest BCUT2D eigenvalue weighted by atomic mass is 35.5. The molecule has 2 aromatic rings. The smallest absolute Gasteiger partial charge is 0.265 e. The summed E-state index contributed by atoms with van der Waals surface area (Å²) < 4.78 is 0. The average Bonchev–Trinajstić information content (AvgIpc) is 2.64. The van der Waals surface area contributed by atoms with Gasteiger partial charge >= 0.3 is 0 Å². The Bertz CT molecular complexity index is 588. The van der Waals surface area contributed by atoms with Crippen LogP contribution in [0.2, 0.25) is 5.02 Å². The molecule has 18 heavy (non-hydrogen) atoms. The van der Waals surface area contributed by atoms with E-state index in [0.29, 0.717) is 21.3 Å². The molecule has 1 amide bonds. The Balaban J connectivity index is 2.23. The van der Waals surface area contributed by atoms with E-state index in [0.717, 1.165) is 10.4 Å². The number of nitrogens with two attached hydrogens (primary N) is 1. The third kappa shape index (κ3) is 2.66. The lowest BCUT2D eigenvalue weighted by molar-refractivity contribution is 0.103. The van der Waals surface area contributed by atoms with Crippen LogP contribution in [-0.4, -0.2) is 5.91 Å². The van der Waals surface area contributed by atoms with Crippen molar-refractivity contribution in [3.05, 3.63) is 44.6 Å². The van der Waals surface area contributed by atoms with Gasteiger partial charge in [-0.1, -0.05) is 11.6 Å². The van der Waals surface area contributed by atoms with Gasteiger partial charge in [-0.15, -0.1) is 11.3 Å². The molecule has 2 rings (SSSR count). The van der Waals surface area contributed by atoms with Crippen LogP contribution in [0.5, 0.6) is 0 Å². The summed E-state index contributed by atoms with van der Waals surface area (Å²) in [5, 5.41) is 3.24. The van der Waals surface area contributed by atoms with Crippen molar-refractivity contribution >= 4 is 40.2 Å². The van der Waals surface area contributed by atoms with Crippen molar-refractivity contribution in [2.24, 2.45) is 0 Å². The normalized spacial score (nSPS) is 10.4. The Labute approximate surface area is 115 Å².